The summed E-state index contributed by atoms with van der Waals surface area (Å²) in [6.07, 6.45) is 0. The molecule has 1 heterocycles. The van der Waals surface area contributed by atoms with E-state index in [0.717, 1.165) is 11.6 Å². The van der Waals surface area contributed by atoms with Crippen LogP contribution in [0.25, 0.3) is 0 Å². The third-order valence-electron chi connectivity index (χ3n) is 3.59. The monoisotopic (exact) mass is 430 g/mol. The molecule has 0 fully saturated rings. The van der Waals surface area contributed by atoms with Gasteiger partial charge in [0, 0.05) is 6.54 Å². The van der Waals surface area contributed by atoms with Gasteiger partial charge in [-0.15, -0.1) is 0 Å². The molecule has 0 atom stereocenters. The number of nitriles is 1. The molecule has 27 heavy (non-hydrogen) atoms. The lowest BCUT2D eigenvalue weighted by molar-refractivity contribution is 0.300. The average molecular weight is 431 g/mol. The largest absolute Gasteiger partial charge is 0.361 e. The van der Waals surface area contributed by atoms with Crippen molar-refractivity contribution in [2.75, 3.05) is 10.4 Å². The zero-order valence-electron chi connectivity index (χ0n) is 13.6. The van der Waals surface area contributed by atoms with Crippen LogP contribution < -0.4 is 10.4 Å². The molecule has 0 bridgehead atoms. The van der Waals surface area contributed by atoms with E-state index in [1.165, 1.54) is 12.1 Å². The summed E-state index contributed by atoms with van der Waals surface area (Å²) in [5.41, 5.74) is 1.46. The van der Waals surface area contributed by atoms with Gasteiger partial charge in [-0.25, -0.2) is 14.1 Å². The quantitative estimate of drug-likeness (QED) is 0.320. The molecule has 2 aromatic carbocycles. The number of rotatable bonds is 5. The first-order valence-corrected chi connectivity index (χ1v) is 8.37. The molecule has 10 heteroatoms. The molecular formula is C17H12BrFN6O2. The van der Waals surface area contributed by atoms with Crippen molar-refractivity contribution in [3.05, 3.63) is 69.6 Å². The molecule has 0 radical (unpaired) electrons. The molecule has 3 aromatic rings. The minimum absolute atomic E-state index is 0.0330. The predicted molar refractivity (Wildman–Crippen MR) is 98.0 cm³/mol. The van der Waals surface area contributed by atoms with Crippen LogP contribution in [-0.4, -0.2) is 21.4 Å². The van der Waals surface area contributed by atoms with Crippen LogP contribution in [-0.2, 0) is 6.54 Å². The van der Waals surface area contributed by atoms with Crippen molar-refractivity contribution in [1.29, 1.82) is 10.7 Å². The van der Waals surface area contributed by atoms with Crippen molar-refractivity contribution in [2.45, 2.75) is 6.54 Å². The second-order valence-electron chi connectivity index (χ2n) is 5.39. The van der Waals surface area contributed by atoms with E-state index in [9.17, 15) is 9.60 Å². The highest BCUT2D eigenvalue weighted by molar-refractivity contribution is 9.10. The lowest BCUT2D eigenvalue weighted by atomic mass is 10.1. The SMILES string of the molecule is N#Cc1cccc(CNc2nonc2C(=N)N(O)c2ccc(F)c(Br)c2)c1. The van der Waals surface area contributed by atoms with Crippen molar-refractivity contribution in [3.63, 3.8) is 0 Å². The Morgan fingerprint density at radius 2 is 2.15 bits per heavy atom. The Kier molecular flexibility index (Phi) is 5.44. The van der Waals surface area contributed by atoms with E-state index < -0.39 is 11.7 Å². The van der Waals surface area contributed by atoms with Crippen LogP contribution in [0.2, 0.25) is 0 Å². The normalized spacial score (nSPS) is 10.3. The first-order valence-electron chi connectivity index (χ1n) is 7.58. The summed E-state index contributed by atoms with van der Waals surface area (Å²) >= 11 is 3.02. The maximum Gasteiger partial charge on any atom is 0.202 e. The fraction of sp³-hybridized carbons (Fsp3) is 0.0588. The number of amidine groups is 1. The zero-order chi connectivity index (χ0) is 19.4. The van der Waals surface area contributed by atoms with Crippen molar-refractivity contribution < 1.29 is 14.2 Å². The number of nitrogens with zero attached hydrogens (tertiary/aromatic N) is 4. The van der Waals surface area contributed by atoms with Crippen LogP contribution in [0, 0.1) is 22.6 Å². The molecule has 0 saturated carbocycles. The fourth-order valence-corrected chi connectivity index (χ4v) is 2.61. The van der Waals surface area contributed by atoms with Gasteiger partial charge in [0.25, 0.3) is 0 Å². The van der Waals surface area contributed by atoms with Gasteiger partial charge >= 0.3 is 0 Å². The molecule has 0 aliphatic carbocycles. The van der Waals surface area contributed by atoms with Crippen molar-refractivity contribution in [2.24, 2.45) is 0 Å². The van der Waals surface area contributed by atoms with Crippen LogP contribution in [0.15, 0.2) is 51.6 Å². The summed E-state index contributed by atoms with van der Waals surface area (Å²) in [5, 5.41) is 38.1. The van der Waals surface area contributed by atoms with E-state index in [1.807, 2.05) is 6.07 Å². The second-order valence-corrected chi connectivity index (χ2v) is 6.24. The fourth-order valence-electron chi connectivity index (χ4n) is 2.24. The van der Waals surface area contributed by atoms with Crippen LogP contribution in [0.5, 0.6) is 0 Å². The molecular weight excluding hydrogens is 419 g/mol. The van der Waals surface area contributed by atoms with E-state index in [2.05, 4.69) is 42.3 Å². The van der Waals surface area contributed by atoms with E-state index in [0.29, 0.717) is 17.2 Å². The van der Waals surface area contributed by atoms with Gasteiger partial charge in [0.05, 0.1) is 21.8 Å². The van der Waals surface area contributed by atoms with Gasteiger partial charge in [-0.2, -0.15) is 5.26 Å². The zero-order valence-corrected chi connectivity index (χ0v) is 15.2. The maximum atomic E-state index is 13.3. The summed E-state index contributed by atoms with van der Waals surface area (Å²) < 4.78 is 18.2. The van der Waals surface area contributed by atoms with Crippen molar-refractivity contribution >= 4 is 33.3 Å². The highest BCUT2D eigenvalue weighted by Crippen LogP contribution is 2.24. The Bertz CT molecular complexity index is 1030. The number of anilines is 2. The molecule has 8 nitrogen and oxygen atoms in total. The summed E-state index contributed by atoms with van der Waals surface area (Å²) in [4.78, 5) is 0. The number of aromatic nitrogens is 2. The molecule has 3 N–H and O–H groups in total. The Labute approximate surface area is 161 Å². The lowest BCUT2D eigenvalue weighted by Crippen LogP contribution is -2.28. The van der Waals surface area contributed by atoms with Gasteiger partial charge < -0.3 is 5.32 Å². The molecule has 136 valence electrons. The van der Waals surface area contributed by atoms with Crippen molar-refractivity contribution in [3.8, 4) is 6.07 Å². The molecule has 0 spiro atoms. The molecule has 0 unspecified atom stereocenters. The Hall–Kier alpha value is -3.29. The van der Waals surface area contributed by atoms with Crippen LogP contribution in [0.4, 0.5) is 15.9 Å². The van der Waals surface area contributed by atoms with Crippen LogP contribution in [0.3, 0.4) is 0 Å². The number of hydroxylamine groups is 1. The lowest BCUT2D eigenvalue weighted by Gasteiger charge is -2.17. The van der Waals surface area contributed by atoms with Crippen LogP contribution in [0.1, 0.15) is 16.8 Å². The van der Waals surface area contributed by atoms with Crippen LogP contribution >= 0.6 is 15.9 Å². The summed E-state index contributed by atoms with van der Waals surface area (Å²) in [6, 6.07) is 12.8. The van der Waals surface area contributed by atoms with E-state index in [-0.39, 0.29) is 21.7 Å². The minimum Gasteiger partial charge on any atom is -0.361 e. The molecule has 0 amide bonds. The standard InChI is InChI=1S/C17H12BrFN6O2/c18-13-7-12(4-5-14(13)19)25(26)16(21)15-17(24-27-23-15)22-9-11-3-1-2-10(6-11)8-20/h1-7,21,26H,9H2,(H,22,24). The molecule has 1 aromatic heterocycles. The van der Waals surface area contributed by atoms with E-state index in [4.69, 9.17) is 10.7 Å². The molecule has 3 rings (SSSR count). The van der Waals surface area contributed by atoms with Gasteiger partial charge in [0.1, 0.15) is 5.82 Å². The van der Waals surface area contributed by atoms with Gasteiger partial charge in [0.2, 0.25) is 5.82 Å². The third-order valence-corrected chi connectivity index (χ3v) is 4.20. The number of nitrogens with one attached hydrogen (secondary N) is 2. The first kappa shape index (κ1) is 18.5. The van der Waals surface area contributed by atoms with Crippen molar-refractivity contribution in [1.82, 2.24) is 10.3 Å². The Morgan fingerprint density at radius 3 is 2.89 bits per heavy atom. The minimum atomic E-state index is -0.497. The third kappa shape index (κ3) is 4.11. The van der Waals surface area contributed by atoms with E-state index >= 15 is 0 Å². The Balaban J connectivity index is 1.76. The average Bonchev–Trinajstić information content (AvgIpc) is 3.16. The van der Waals surface area contributed by atoms with Gasteiger partial charge in [-0.1, -0.05) is 12.1 Å². The Morgan fingerprint density at radius 1 is 1.33 bits per heavy atom. The molecule has 0 saturated heterocycles. The van der Waals surface area contributed by atoms with Gasteiger partial charge in [0.15, 0.2) is 11.5 Å². The number of hydrogen-bond donors (Lipinski definition) is 3. The summed E-state index contributed by atoms with van der Waals surface area (Å²) in [6.45, 7) is 0.303. The first-order chi connectivity index (χ1) is 13.0. The number of halogens is 2. The smallest absolute Gasteiger partial charge is 0.202 e. The summed E-state index contributed by atoms with van der Waals surface area (Å²) in [7, 11) is 0. The van der Waals surface area contributed by atoms with Gasteiger partial charge in [-0.3, -0.25) is 10.6 Å². The van der Waals surface area contributed by atoms with Gasteiger partial charge in [-0.05, 0) is 62.1 Å². The topological polar surface area (TPSA) is 122 Å². The maximum absolute atomic E-state index is 13.3. The second kappa shape index (κ2) is 7.94. The number of benzene rings is 2. The molecule has 0 aliphatic heterocycles. The molecule has 0 aliphatic rings. The summed E-state index contributed by atoms with van der Waals surface area (Å²) in [5.74, 6) is -0.769. The predicted octanol–water partition coefficient (Wildman–Crippen LogP) is 3.68. The highest BCUT2D eigenvalue weighted by atomic mass is 79.9. The number of hydrogen-bond acceptors (Lipinski definition) is 7. The highest BCUT2D eigenvalue weighted by Gasteiger charge is 2.21. The van der Waals surface area contributed by atoms with E-state index in [1.54, 1.807) is 18.2 Å².